The molecule has 0 fully saturated rings. The van der Waals surface area contributed by atoms with Crippen LogP contribution in [-0.4, -0.2) is 77.4 Å². The van der Waals surface area contributed by atoms with Crippen LogP contribution in [0.25, 0.3) is 0 Å². The van der Waals surface area contributed by atoms with Gasteiger partial charge in [-0.05, 0) is 61.9 Å². The third kappa shape index (κ3) is 16.4. The number of benzene rings is 3. The molecule has 3 aromatic rings. The molecular weight excluding hydrogens is 724 g/mol. The van der Waals surface area contributed by atoms with Gasteiger partial charge in [0, 0.05) is 25.0 Å². The van der Waals surface area contributed by atoms with E-state index < -0.39 is 77.4 Å². The third-order valence-corrected chi connectivity index (χ3v) is 7.93. The number of hydrogen-bond acceptors (Lipinski definition) is 10. The number of nitro benzene ring substituents is 1. The average molecular weight is 775 g/mol. The molecule has 0 saturated heterocycles. The molecule has 300 valence electrons. The molecular formula is C40H50N6O10. The van der Waals surface area contributed by atoms with Crippen LogP contribution in [0.5, 0.6) is 0 Å². The van der Waals surface area contributed by atoms with Crippen molar-refractivity contribution in [2.45, 2.75) is 84.2 Å². The van der Waals surface area contributed by atoms with Gasteiger partial charge >= 0.3 is 12.1 Å². The number of ether oxygens (including phenoxy) is 2. The minimum absolute atomic E-state index is 0.0286. The van der Waals surface area contributed by atoms with E-state index in [1.54, 1.807) is 81.4 Å². The van der Waals surface area contributed by atoms with Crippen LogP contribution in [0.1, 0.15) is 57.7 Å². The minimum atomic E-state index is -1.18. The van der Waals surface area contributed by atoms with Crippen LogP contribution in [-0.2, 0) is 52.9 Å². The number of nitro groups is 1. The highest BCUT2D eigenvalue weighted by Crippen LogP contribution is 2.14. The Hall–Kier alpha value is -6.32. The lowest BCUT2D eigenvalue weighted by atomic mass is 10.0. The van der Waals surface area contributed by atoms with Gasteiger partial charge in [0.25, 0.3) is 5.69 Å². The number of carbonyl (C=O) groups is 6. The summed E-state index contributed by atoms with van der Waals surface area (Å²) in [5.41, 5.74) is 1.03. The van der Waals surface area contributed by atoms with Crippen molar-refractivity contribution in [2.75, 3.05) is 13.1 Å². The second kappa shape index (κ2) is 21.5. The minimum Gasteiger partial charge on any atom is -0.459 e. The topological polar surface area (TPSA) is 224 Å². The largest absolute Gasteiger partial charge is 0.459 e. The Morgan fingerprint density at radius 3 is 1.75 bits per heavy atom. The second-order valence-corrected chi connectivity index (χ2v) is 14.4. The normalized spacial score (nSPS) is 12.6. The summed E-state index contributed by atoms with van der Waals surface area (Å²) in [5, 5.41) is 23.7. The number of hydrogen-bond donors (Lipinski definition) is 5. The van der Waals surface area contributed by atoms with E-state index >= 15 is 0 Å². The lowest BCUT2D eigenvalue weighted by Crippen LogP contribution is -2.55. The smallest absolute Gasteiger partial charge is 0.408 e. The highest BCUT2D eigenvalue weighted by molar-refractivity contribution is 5.93. The van der Waals surface area contributed by atoms with Gasteiger partial charge in [-0.15, -0.1) is 0 Å². The van der Waals surface area contributed by atoms with E-state index in [0.717, 1.165) is 5.56 Å². The van der Waals surface area contributed by atoms with Crippen molar-refractivity contribution in [2.24, 2.45) is 5.92 Å². The summed E-state index contributed by atoms with van der Waals surface area (Å²) in [4.78, 5) is 88.6. The van der Waals surface area contributed by atoms with Gasteiger partial charge in [0.15, 0.2) is 0 Å². The fourth-order valence-electron chi connectivity index (χ4n) is 5.27. The number of nitrogens with zero attached hydrogens (tertiary/aromatic N) is 1. The monoisotopic (exact) mass is 774 g/mol. The standard InChI is InChI=1S/C40H50N6O10/c1-26(2)20-31(45-39(52)56-40(3,4)5)36(49)42-23-34(47)41-24-35(48)43-32(21-27-12-8-6-9-13-27)37(50)44-33(22-28-14-10-7-11-15-28)38(51)55-25-29-16-18-30(19-17-29)46(53)54/h6-19,26,31-33H,20-25H2,1-5H3,(H,41,47)(H,42,49)(H,43,48)(H,44,50)(H,45,52)/t31-,32-,33-/m0/s1. The van der Waals surface area contributed by atoms with Crippen molar-refractivity contribution in [3.05, 3.63) is 112 Å². The van der Waals surface area contributed by atoms with Crippen molar-refractivity contribution in [3.63, 3.8) is 0 Å². The van der Waals surface area contributed by atoms with Crippen molar-refractivity contribution in [1.82, 2.24) is 26.6 Å². The maximum Gasteiger partial charge on any atom is 0.408 e. The van der Waals surface area contributed by atoms with Crippen molar-refractivity contribution < 1.29 is 43.2 Å². The zero-order valence-electron chi connectivity index (χ0n) is 32.2. The molecule has 0 spiro atoms. The second-order valence-electron chi connectivity index (χ2n) is 14.4. The Morgan fingerprint density at radius 2 is 1.21 bits per heavy atom. The molecule has 0 aliphatic carbocycles. The predicted molar refractivity (Wildman–Crippen MR) is 206 cm³/mol. The summed E-state index contributed by atoms with van der Waals surface area (Å²) in [6.07, 6.45) is -0.395. The van der Waals surface area contributed by atoms with Gasteiger partial charge in [0.2, 0.25) is 23.6 Å². The number of rotatable bonds is 19. The number of carbonyl (C=O) groups excluding carboxylic acids is 6. The molecule has 5 N–H and O–H groups in total. The van der Waals surface area contributed by atoms with Crippen LogP contribution in [0, 0.1) is 16.0 Å². The average Bonchev–Trinajstić information content (AvgIpc) is 3.14. The van der Waals surface area contributed by atoms with Gasteiger partial charge in [0.05, 0.1) is 18.0 Å². The molecule has 0 bridgehead atoms. The van der Waals surface area contributed by atoms with Gasteiger partial charge < -0.3 is 36.1 Å². The van der Waals surface area contributed by atoms with Crippen LogP contribution in [0.15, 0.2) is 84.9 Å². The molecule has 0 aromatic heterocycles. The fourth-order valence-corrected chi connectivity index (χ4v) is 5.27. The zero-order chi connectivity index (χ0) is 41.3. The highest BCUT2D eigenvalue weighted by atomic mass is 16.6. The summed E-state index contributed by atoms with van der Waals surface area (Å²) in [5.74, 6) is -3.46. The quantitative estimate of drug-likeness (QED) is 0.0679. The first-order chi connectivity index (χ1) is 26.5. The molecule has 0 radical (unpaired) electrons. The summed E-state index contributed by atoms with van der Waals surface area (Å²) in [6.45, 7) is 7.57. The van der Waals surface area contributed by atoms with Crippen LogP contribution in [0.3, 0.4) is 0 Å². The van der Waals surface area contributed by atoms with E-state index in [1.165, 1.54) is 24.3 Å². The van der Waals surface area contributed by atoms with Gasteiger partial charge in [-0.2, -0.15) is 0 Å². The Labute approximate surface area is 325 Å². The van der Waals surface area contributed by atoms with Crippen LogP contribution in [0.4, 0.5) is 10.5 Å². The van der Waals surface area contributed by atoms with E-state index in [4.69, 9.17) is 9.47 Å². The van der Waals surface area contributed by atoms with E-state index in [9.17, 15) is 38.9 Å². The number of non-ortho nitro benzene ring substituents is 1. The highest BCUT2D eigenvalue weighted by Gasteiger charge is 2.29. The van der Waals surface area contributed by atoms with Crippen molar-refractivity contribution in [1.29, 1.82) is 0 Å². The molecule has 5 amide bonds. The molecule has 56 heavy (non-hydrogen) atoms. The van der Waals surface area contributed by atoms with E-state index in [2.05, 4.69) is 26.6 Å². The molecule has 0 saturated carbocycles. The van der Waals surface area contributed by atoms with Crippen LogP contribution in [0.2, 0.25) is 0 Å². The van der Waals surface area contributed by atoms with Gasteiger partial charge in [-0.1, -0.05) is 74.5 Å². The summed E-state index contributed by atoms with van der Waals surface area (Å²) in [6, 6.07) is 19.9. The van der Waals surface area contributed by atoms with Crippen LogP contribution >= 0.6 is 0 Å². The summed E-state index contributed by atoms with van der Waals surface area (Å²) < 4.78 is 10.8. The lowest BCUT2D eigenvalue weighted by Gasteiger charge is -2.24. The predicted octanol–water partition coefficient (Wildman–Crippen LogP) is 3.26. The van der Waals surface area contributed by atoms with Crippen molar-refractivity contribution >= 4 is 41.4 Å². The first-order valence-electron chi connectivity index (χ1n) is 18.1. The molecule has 0 heterocycles. The van der Waals surface area contributed by atoms with E-state index in [0.29, 0.717) is 11.1 Å². The molecule has 16 heteroatoms. The molecule has 0 aliphatic rings. The summed E-state index contributed by atoms with van der Waals surface area (Å²) >= 11 is 0. The Balaban J connectivity index is 1.65. The Morgan fingerprint density at radius 1 is 0.661 bits per heavy atom. The van der Waals surface area contributed by atoms with Gasteiger partial charge in [-0.3, -0.25) is 29.3 Å². The van der Waals surface area contributed by atoms with E-state index in [1.807, 2.05) is 13.8 Å². The first-order valence-corrected chi connectivity index (χ1v) is 18.1. The van der Waals surface area contributed by atoms with Gasteiger partial charge in [0.1, 0.15) is 30.3 Å². The maximum atomic E-state index is 13.8. The molecule has 0 unspecified atom stereocenters. The number of nitrogens with one attached hydrogen (secondary N) is 5. The third-order valence-electron chi connectivity index (χ3n) is 7.93. The Kier molecular flexibility index (Phi) is 17.0. The number of esters is 1. The molecule has 3 aromatic carbocycles. The molecule has 0 aliphatic heterocycles. The molecule has 3 rings (SSSR count). The van der Waals surface area contributed by atoms with Crippen molar-refractivity contribution in [3.8, 4) is 0 Å². The SMILES string of the molecule is CC(C)C[C@H](NC(=O)OC(C)(C)C)C(=O)NCC(=O)NCC(=O)N[C@@H](Cc1ccccc1)C(=O)N[C@@H](Cc1ccccc1)C(=O)OCc1ccc([N+](=O)[O-])cc1. The number of alkyl carbamates (subject to hydrolysis) is 1. The zero-order valence-corrected chi connectivity index (χ0v) is 32.2. The Bertz CT molecular complexity index is 1800. The maximum absolute atomic E-state index is 13.8. The molecule has 16 nitrogen and oxygen atoms in total. The van der Waals surface area contributed by atoms with Gasteiger partial charge in [-0.25, -0.2) is 9.59 Å². The molecule has 3 atom stereocenters. The number of amides is 5. The lowest BCUT2D eigenvalue weighted by molar-refractivity contribution is -0.384. The fraction of sp³-hybridized carbons (Fsp3) is 0.400. The van der Waals surface area contributed by atoms with E-state index in [-0.39, 0.29) is 37.5 Å². The summed E-state index contributed by atoms with van der Waals surface area (Å²) in [7, 11) is 0. The van der Waals surface area contributed by atoms with Crippen LogP contribution < -0.4 is 26.6 Å². The first kappa shape index (κ1) is 44.1.